The number of hydrogen-bond donors (Lipinski definition) is 1. The molecule has 0 atom stereocenters. The van der Waals surface area contributed by atoms with Crippen LogP contribution in [0.1, 0.15) is 25.3 Å². The average Bonchev–Trinajstić information content (AvgIpc) is 2.65. The summed E-state index contributed by atoms with van der Waals surface area (Å²) >= 11 is 9.57. The van der Waals surface area contributed by atoms with Crippen molar-refractivity contribution in [1.29, 1.82) is 0 Å². The van der Waals surface area contributed by atoms with Crippen LogP contribution in [-0.4, -0.2) is 34.5 Å². The minimum Gasteiger partial charge on any atom is -0.384 e. The molecule has 1 aromatic carbocycles. The lowest BCUT2D eigenvalue weighted by Gasteiger charge is -2.22. The van der Waals surface area contributed by atoms with Crippen LogP contribution in [0.5, 0.6) is 0 Å². The van der Waals surface area contributed by atoms with Crippen molar-refractivity contribution >= 4 is 44.1 Å². The molecule has 0 amide bonds. The van der Waals surface area contributed by atoms with Crippen molar-refractivity contribution in [2.75, 3.05) is 25.0 Å². The van der Waals surface area contributed by atoms with Crippen LogP contribution in [0.2, 0.25) is 5.02 Å². The van der Waals surface area contributed by atoms with Crippen LogP contribution in [-0.2, 0) is 6.54 Å². The van der Waals surface area contributed by atoms with Crippen molar-refractivity contribution in [3.63, 3.8) is 0 Å². The maximum Gasteiger partial charge on any atom is 0.0737 e. The second-order valence-corrected chi connectivity index (χ2v) is 7.94. The molecule has 0 aliphatic rings. The Balaban J connectivity index is 1.55. The summed E-state index contributed by atoms with van der Waals surface area (Å²) in [6.45, 7) is 6.19. The number of rotatable bonds is 9. The molecular weight excluding hydrogens is 424 g/mol. The Morgan fingerprint density at radius 1 is 1.15 bits per heavy atom. The molecule has 2 aromatic heterocycles. The van der Waals surface area contributed by atoms with E-state index in [2.05, 4.69) is 49.1 Å². The van der Waals surface area contributed by atoms with Gasteiger partial charge in [-0.25, -0.2) is 0 Å². The molecule has 0 bridgehead atoms. The fourth-order valence-corrected chi connectivity index (χ4v) is 3.77. The van der Waals surface area contributed by atoms with E-state index in [0.29, 0.717) is 5.02 Å². The first-order valence-electron chi connectivity index (χ1n) is 9.25. The molecule has 142 valence electrons. The van der Waals surface area contributed by atoms with Crippen LogP contribution in [0.3, 0.4) is 0 Å². The van der Waals surface area contributed by atoms with Crippen molar-refractivity contribution in [1.82, 2.24) is 14.9 Å². The van der Waals surface area contributed by atoms with Gasteiger partial charge >= 0.3 is 0 Å². The monoisotopic (exact) mass is 446 g/mol. The van der Waals surface area contributed by atoms with E-state index in [9.17, 15) is 0 Å². The first-order chi connectivity index (χ1) is 13.2. The lowest BCUT2D eigenvalue weighted by atomic mass is 10.2. The van der Waals surface area contributed by atoms with Crippen LogP contribution >= 0.6 is 27.5 Å². The fraction of sp³-hybridized carbons (Fsp3) is 0.333. The molecule has 1 N–H and O–H groups in total. The number of pyridine rings is 2. The zero-order valence-corrected chi connectivity index (χ0v) is 17.8. The molecule has 0 spiro atoms. The standard InChI is InChI=1S/C21H24BrClN4/c1-2-9-27(15-16-11-17(22)14-24-13-16)10-3-7-25-20-6-8-26-21-12-18(23)4-5-19(20)21/h4-6,8,11-14H,2-3,7,9-10,15H2,1H3,(H,25,26). The van der Waals surface area contributed by atoms with E-state index in [1.807, 2.05) is 42.9 Å². The predicted molar refractivity (Wildman–Crippen MR) is 117 cm³/mol. The number of nitrogens with zero attached hydrogens (tertiary/aromatic N) is 3. The molecule has 0 aliphatic heterocycles. The SMILES string of the molecule is CCCN(CCCNc1ccnc2cc(Cl)ccc12)Cc1cncc(Br)c1. The first-order valence-corrected chi connectivity index (χ1v) is 10.4. The summed E-state index contributed by atoms with van der Waals surface area (Å²) in [6.07, 6.45) is 7.80. The van der Waals surface area contributed by atoms with E-state index in [4.69, 9.17) is 11.6 Å². The highest BCUT2D eigenvalue weighted by Gasteiger charge is 2.07. The maximum absolute atomic E-state index is 6.07. The van der Waals surface area contributed by atoms with E-state index >= 15 is 0 Å². The van der Waals surface area contributed by atoms with Crippen molar-refractivity contribution in [3.8, 4) is 0 Å². The summed E-state index contributed by atoms with van der Waals surface area (Å²) in [5, 5.41) is 5.36. The largest absolute Gasteiger partial charge is 0.384 e. The number of anilines is 1. The van der Waals surface area contributed by atoms with Gasteiger partial charge in [-0.05, 0) is 71.2 Å². The number of halogens is 2. The zero-order valence-electron chi connectivity index (χ0n) is 15.5. The lowest BCUT2D eigenvalue weighted by molar-refractivity contribution is 0.265. The number of fused-ring (bicyclic) bond motifs is 1. The summed E-state index contributed by atoms with van der Waals surface area (Å²) in [5.74, 6) is 0. The zero-order chi connectivity index (χ0) is 19.1. The summed E-state index contributed by atoms with van der Waals surface area (Å²) in [4.78, 5) is 11.1. The van der Waals surface area contributed by atoms with Crippen molar-refractivity contribution in [2.24, 2.45) is 0 Å². The predicted octanol–water partition coefficient (Wildman–Crippen LogP) is 5.76. The Morgan fingerprint density at radius 3 is 2.85 bits per heavy atom. The molecule has 0 unspecified atom stereocenters. The van der Waals surface area contributed by atoms with Gasteiger partial charge in [-0.1, -0.05) is 18.5 Å². The molecule has 0 saturated carbocycles. The molecule has 27 heavy (non-hydrogen) atoms. The third-order valence-electron chi connectivity index (χ3n) is 4.38. The van der Waals surface area contributed by atoms with Gasteiger partial charge in [0.15, 0.2) is 0 Å². The van der Waals surface area contributed by atoms with Gasteiger partial charge in [0.1, 0.15) is 0 Å². The van der Waals surface area contributed by atoms with Gasteiger partial charge in [0.25, 0.3) is 0 Å². The summed E-state index contributed by atoms with van der Waals surface area (Å²) in [5.41, 5.74) is 3.26. The first kappa shape index (κ1) is 20.1. The molecule has 0 saturated heterocycles. The summed E-state index contributed by atoms with van der Waals surface area (Å²) in [6, 6.07) is 9.99. The number of hydrogen-bond acceptors (Lipinski definition) is 4. The highest BCUT2D eigenvalue weighted by Crippen LogP contribution is 2.24. The van der Waals surface area contributed by atoms with Gasteiger partial charge < -0.3 is 5.32 Å². The van der Waals surface area contributed by atoms with Crippen molar-refractivity contribution in [2.45, 2.75) is 26.3 Å². The molecule has 2 heterocycles. The van der Waals surface area contributed by atoms with Gasteiger partial charge in [-0.2, -0.15) is 0 Å². The minimum atomic E-state index is 0.712. The molecule has 6 heteroatoms. The van der Waals surface area contributed by atoms with Gasteiger partial charge in [-0.3, -0.25) is 14.9 Å². The van der Waals surface area contributed by atoms with E-state index < -0.39 is 0 Å². The summed E-state index contributed by atoms with van der Waals surface area (Å²) < 4.78 is 1.03. The quantitative estimate of drug-likeness (QED) is 0.423. The van der Waals surface area contributed by atoms with Crippen LogP contribution in [0, 0.1) is 0 Å². The molecule has 3 rings (SSSR count). The number of nitrogens with one attached hydrogen (secondary N) is 1. The van der Waals surface area contributed by atoms with Gasteiger partial charge in [-0.15, -0.1) is 0 Å². The van der Waals surface area contributed by atoms with Crippen molar-refractivity contribution in [3.05, 3.63) is 64.0 Å². The molecule has 0 aliphatic carbocycles. The van der Waals surface area contributed by atoms with Crippen molar-refractivity contribution < 1.29 is 0 Å². The second-order valence-electron chi connectivity index (χ2n) is 6.59. The topological polar surface area (TPSA) is 41.0 Å². The fourth-order valence-electron chi connectivity index (χ4n) is 3.19. The van der Waals surface area contributed by atoms with Gasteiger partial charge in [0.05, 0.1) is 5.52 Å². The average molecular weight is 448 g/mol. The van der Waals surface area contributed by atoms with Crippen LogP contribution in [0.4, 0.5) is 5.69 Å². The molecule has 3 aromatic rings. The molecular formula is C21H24BrClN4. The number of benzene rings is 1. The lowest BCUT2D eigenvalue weighted by Crippen LogP contribution is -2.26. The normalized spacial score (nSPS) is 11.3. The smallest absolute Gasteiger partial charge is 0.0737 e. The second kappa shape index (κ2) is 10.0. The number of aromatic nitrogens is 2. The van der Waals surface area contributed by atoms with Crippen LogP contribution in [0.25, 0.3) is 10.9 Å². The minimum absolute atomic E-state index is 0.712. The Labute approximate surface area is 174 Å². The van der Waals surface area contributed by atoms with Crippen LogP contribution < -0.4 is 5.32 Å². The van der Waals surface area contributed by atoms with Gasteiger partial charge in [0.2, 0.25) is 0 Å². The van der Waals surface area contributed by atoms with Gasteiger partial charge in [0, 0.05) is 58.8 Å². The molecule has 0 fully saturated rings. The highest BCUT2D eigenvalue weighted by atomic mass is 79.9. The Kier molecular flexibility index (Phi) is 7.44. The Bertz CT molecular complexity index is 887. The third-order valence-corrected chi connectivity index (χ3v) is 5.05. The van der Waals surface area contributed by atoms with E-state index in [0.717, 1.165) is 60.1 Å². The maximum atomic E-state index is 6.07. The Morgan fingerprint density at radius 2 is 2.04 bits per heavy atom. The molecule has 4 nitrogen and oxygen atoms in total. The van der Waals surface area contributed by atoms with E-state index in [-0.39, 0.29) is 0 Å². The molecule has 0 radical (unpaired) electrons. The summed E-state index contributed by atoms with van der Waals surface area (Å²) in [7, 11) is 0. The van der Waals surface area contributed by atoms with E-state index in [1.54, 1.807) is 0 Å². The highest BCUT2D eigenvalue weighted by molar-refractivity contribution is 9.10. The Hall–Kier alpha value is -1.69. The van der Waals surface area contributed by atoms with E-state index in [1.165, 1.54) is 5.56 Å². The third kappa shape index (κ3) is 5.89. The van der Waals surface area contributed by atoms with Crippen LogP contribution in [0.15, 0.2) is 53.4 Å².